The molecular weight excluding hydrogens is 334 g/mol. The summed E-state index contributed by atoms with van der Waals surface area (Å²) in [6.07, 6.45) is 1.12. The van der Waals surface area contributed by atoms with E-state index in [0.29, 0.717) is 18.7 Å². The van der Waals surface area contributed by atoms with E-state index in [1.807, 2.05) is 67.7 Å². The molecule has 2 rings (SSSR count). The van der Waals surface area contributed by atoms with Crippen LogP contribution in [0, 0.1) is 0 Å². The number of hydrogen-bond acceptors (Lipinski definition) is 4. The summed E-state index contributed by atoms with van der Waals surface area (Å²) in [6.45, 7) is 0.651. The summed E-state index contributed by atoms with van der Waals surface area (Å²) in [5, 5.41) is 18.7. The molecule has 0 bridgehead atoms. The van der Waals surface area contributed by atoms with Gasteiger partial charge >= 0.3 is 11.9 Å². The van der Waals surface area contributed by atoms with Crippen LogP contribution in [-0.4, -0.2) is 41.5 Å². The standard InChI is InChI=1S/C16H17NO.C4H4O4/c1-17-12-15(13-8-4-2-5-9-13)16(18)14-10-6-3-7-11-14;5-3(6)1-2-4(7)8/h2-11,15,17H,12H2,1H3;1-2H,(H,5,6)(H,7,8)/b;2-1-. The average Bonchev–Trinajstić information content (AvgIpc) is 2.66. The van der Waals surface area contributed by atoms with Crippen LogP contribution in [-0.2, 0) is 9.59 Å². The zero-order valence-electron chi connectivity index (χ0n) is 14.3. The zero-order valence-corrected chi connectivity index (χ0v) is 14.3. The Kier molecular flexibility index (Phi) is 9.06. The normalized spacial score (nSPS) is 11.3. The molecule has 0 aromatic heterocycles. The fourth-order valence-electron chi connectivity index (χ4n) is 2.20. The van der Waals surface area contributed by atoms with Crippen LogP contribution >= 0.6 is 0 Å². The smallest absolute Gasteiger partial charge is 0.328 e. The molecule has 3 N–H and O–H groups in total. The number of hydrogen-bond donors (Lipinski definition) is 3. The highest BCUT2D eigenvalue weighted by molar-refractivity contribution is 6.01. The highest BCUT2D eigenvalue weighted by Crippen LogP contribution is 2.20. The minimum atomic E-state index is -1.26. The largest absolute Gasteiger partial charge is 0.478 e. The van der Waals surface area contributed by atoms with Crippen LogP contribution in [0.5, 0.6) is 0 Å². The molecule has 6 heteroatoms. The van der Waals surface area contributed by atoms with Crippen molar-refractivity contribution in [2.45, 2.75) is 5.92 Å². The molecule has 0 saturated heterocycles. The third-order valence-corrected chi connectivity index (χ3v) is 3.35. The highest BCUT2D eigenvalue weighted by atomic mass is 16.4. The van der Waals surface area contributed by atoms with Crippen molar-refractivity contribution in [3.63, 3.8) is 0 Å². The maximum atomic E-state index is 12.5. The van der Waals surface area contributed by atoms with Crippen molar-refractivity contribution in [3.05, 3.63) is 83.9 Å². The second kappa shape index (κ2) is 11.3. The Bertz CT molecular complexity index is 725. The average molecular weight is 355 g/mol. The quantitative estimate of drug-likeness (QED) is 0.521. The second-order valence-corrected chi connectivity index (χ2v) is 5.26. The molecule has 0 saturated carbocycles. The maximum Gasteiger partial charge on any atom is 0.328 e. The van der Waals surface area contributed by atoms with E-state index in [1.54, 1.807) is 0 Å². The Morgan fingerprint density at radius 1 is 0.885 bits per heavy atom. The number of ketones is 1. The summed E-state index contributed by atoms with van der Waals surface area (Å²) in [6, 6.07) is 19.4. The number of benzene rings is 2. The predicted molar refractivity (Wildman–Crippen MR) is 98.3 cm³/mol. The molecule has 0 aliphatic carbocycles. The van der Waals surface area contributed by atoms with Gasteiger partial charge < -0.3 is 15.5 Å². The van der Waals surface area contributed by atoms with E-state index in [0.717, 1.165) is 11.1 Å². The van der Waals surface area contributed by atoms with E-state index in [9.17, 15) is 14.4 Å². The fourth-order valence-corrected chi connectivity index (χ4v) is 2.20. The van der Waals surface area contributed by atoms with Gasteiger partial charge in [-0.3, -0.25) is 4.79 Å². The van der Waals surface area contributed by atoms with Gasteiger partial charge in [0.05, 0.1) is 5.92 Å². The van der Waals surface area contributed by atoms with Crippen LogP contribution in [0.25, 0.3) is 0 Å². The van der Waals surface area contributed by atoms with Crippen LogP contribution < -0.4 is 5.32 Å². The molecule has 0 aliphatic heterocycles. The lowest BCUT2D eigenvalue weighted by atomic mass is 9.90. The van der Waals surface area contributed by atoms with Gasteiger partial charge in [0.25, 0.3) is 0 Å². The first kappa shape index (κ1) is 20.8. The minimum Gasteiger partial charge on any atom is -0.478 e. The van der Waals surface area contributed by atoms with Gasteiger partial charge in [0.1, 0.15) is 0 Å². The number of carboxylic acids is 2. The van der Waals surface area contributed by atoms with Crippen molar-refractivity contribution >= 4 is 17.7 Å². The molecule has 6 nitrogen and oxygen atoms in total. The fraction of sp³-hybridized carbons (Fsp3) is 0.150. The van der Waals surface area contributed by atoms with Crippen molar-refractivity contribution < 1.29 is 24.6 Å². The van der Waals surface area contributed by atoms with E-state index in [1.165, 1.54) is 0 Å². The van der Waals surface area contributed by atoms with Crippen LogP contribution in [0.15, 0.2) is 72.8 Å². The van der Waals surface area contributed by atoms with Crippen LogP contribution in [0.4, 0.5) is 0 Å². The van der Waals surface area contributed by atoms with Crippen LogP contribution in [0.2, 0.25) is 0 Å². The molecule has 0 aliphatic rings. The molecule has 1 unspecified atom stereocenters. The van der Waals surface area contributed by atoms with Crippen molar-refractivity contribution in [2.24, 2.45) is 0 Å². The molecule has 1 atom stereocenters. The molecule has 2 aromatic rings. The Labute approximate surface area is 151 Å². The molecule has 26 heavy (non-hydrogen) atoms. The minimum absolute atomic E-state index is 0.126. The van der Waals surface area contributed by atoms with Gasteiger partial charge in [-0.2, -0.15) is 0 Å². The lowest BCUT2D eigenvalue weighted by molar-refractivity contribution is -0.134. The summed E-state index contributed by atoms with van der Waals surface area (Å²) in [5.74, 6) is -2.48. The third kappa shape index (κ3) is 7.55. The van der Waals surface area contributed by atoms with Gasteiger partial charge in [0.2, 0.25) is 0 Å². The predicted octanol–water partition coefficient (Wildman–Crippen LogP) is 2.58. The van der Waals surface area contributed by atoms with E-state index in [-0.39, 0.29) is 11.7 Å². The molecule has 136 valence electrons. The highest BCUT2D eigenvalue weighted by Gasteiger charge is 2.20. The number of aliphatic carboxylic acids is 2. The van der Waals surface area contributed by atoms with E-state index in [2.05, 4.69) is 5.32 Å². The number of likely N-dealkylation sites (N-methyl/N-ethyl adjacent to an activating group) is 1. The number of carboxylic acid groups (broad SMARTS) is 2. The van der Waals surface area contributed by atoms with Crippen LogP contribution in [0.3, 0.4) is 0 Å². The lowest BCUT2D eigenvalue weighted by Gasteiger charge is -2.15. The van der Waals surface area contributed by atoms with Gasteiger partial charge in [-0.05, 0) is 12.6 Å². The van der Waals surface area contributed by atoms with E-state index < -0.39 is 11.9 Å². The third-order valence-electron chi connectivity index (χ3n) is 3.35. The van der Waals surface area contributed by atoms with Gasteiger partial charge in [0, 0.05) is 24.3 Å². The number of rotatable bonds is 7. The van der Waals surface area contributed by atoms with Gasteiger partial charge in [0.15, 0.2) is 5.78 Å². The molecule has 2 aromatic carbocycles. The summed E-state index contributed by atoms with van der Waals surface area (Å²) in [4.78, 5) is 31.6. The van der Waals surface area contributed by atoms with E-state index >= 15 is 0 Å². The van der Waals surface area contributed by atoms with Crippen molar-refractivity contribution in [2.75, 3.05) is 13.6 Å². The topological polar surface area (TPSA) is 104 Å². The molecule has 0 heterocycles. The molecule has 0 spiro atoms. The van der Waals surface area contributed by atoms with Gasteiger partial charge in [-0.1, -0.05) is 60.7 Å². The van der Waals surface area contributed by atoms with Crippen LogP contribution in [0.1, 0.15) is 21.8 Å². The number of carbonyl (C=O) groups is 3. The Hall–Kier alpha value is -3.25. The first-order valence-corrected chi connectivity index (χ1v) is 7.88. The Morgan fingerprint density at radius 2 is 1.35 bits per heavy atom. The first-order valence-electron chi connectivity index (χ1n) is 7.88. The SMILES string of the molecule is CNCC(C(=O)c1ccccc1)c1ccccc1.O=C(O)/C=C\C(=O)O. The maximum absolute atomic E-state index is 12.5. The number of carbonyl (C=O) groups excluding carboxylic acids is 1. The van der Waals surface area contributed by atoms with Crippen molar-refractivity contribution in [1.29, 1.82) is 0 Å². The monoisotopic (exact) mass is 355 g/mol. The summed E-state index contributed by atoms with van der Waals surface area (Å²) in [7, 11) is 1.87. The van der Waals surface area contributed by atoms with E-state index in [4.69, 9.17) is 10.2 Å². The molecule has 0 amide bonds. The Balaban J connectivity index is 0.000000359. The van der Waals surface area contributed by atoms with Crippen molar-refractivity contribution in [3.8, 4) is 0 Å². The summed E-state index contributed by atoms with van der Waals surface area (Å²) >= 11 is 0. The molecule has 0 radical (unpaired) electrons. The van der Waals surface area contributed by atoms with Gasteiger partial charge in [-0.25, -0.2) is 9.59 Å². The number of nitrogens with one attached hydrogen (secondary N) is 1. The number of Topliss-reactive ketones (excluding diaryl/α,β-unsaturated/α-hetero) is 1. The second-order valence-electron chi connectivity index (χ2n) is 5.26. The van der Waals surface area contributed by atoms with Gasteiger partial charge in [-0.15, -0.1) is 0 Å². The first-order chi connectivity index (χ1) is 12.5. The summed E-state index contributed by atoms with van der Waals surface area (Å²) < 4.78 is 0. The summed E-state index contributed by atoms with van der Waals surface area (Å²) in [5.41, 5.74) is 1.82. The van der Waals surface area contributed by atoms with Crippen molar-refractivity contribution in [1.82, 2.24) is 5.32 Å². The molecular formula is C20H21NO5. The molecule has 0 fully saturated rings. The zero-order chi connectivity index (χ0) is 19.4. The Morgan fingerprint density at radius 3 is 1.77 bits per heavy atom. The lowest BCUT2D eigenvalue weighted by Crippen LogP contribution is -2.24.